The summed E-state index contributed by atoms with van der Waals surface area (Å²) in [5.41, 5.74) is -0.275. The molecule has 0 aliphatic carbocycles. The van der Waals surface area contributed by atoms with E-state index in [1.165, 1.54) is 12.1 Å². The second-order valence-corrected chi connectivity index (χ2v) is 5.96. The van der Waals surface area contributed by atoms with Gasteiger partial charge in [-0.15, -0.1) is 0 Å². The van der Waals surface area contributed by atoms with Crippen LogP contribution in [-0.2, 0) is 4.74 Å². The number of nitrogens with one attached hydrogen (secondary N) is 1. The van der Waals surface area contributed by atoms with E-state index < -0.39 is 10.5 Å². The first-order valence-electron chi connectivity index (χ1n) is 6.13. The Morgan fingerprint density at radius 1 is 1.50 bits per heavy atom. The highest BCUT2D eigenvalue weighted by Gasteiger charge is 2.21. The Balaban J connectivity index is 2.82. The highest BCUT2D eigenvalue weighted by Crippen LogP contribution is 2.19. The van der Waals surface area contributed by atoms with E-state index in [0.29, 0.717) is 22.3 Å². The van der Waals surface area contributed by atoms with Crippen molar-refractivity contribution in [3.63, 3.8) is 0 Å². The predicted octanol–water partition coefficient (Wildman–Crippen LogP) is 2.74. The average Bonchev–Trinajstić information content (AvgIpc) is 2.36. The van der Waals surface area contributed by atoms with Crippen LogP contribution in [-0.4, -0.2) is 29.6 Å². The van der Waals surface area contributed by atoms with Gasteiger partial charge >= 0.3 is 0 Å². The third-order valence-electron chi connectivity index (χ3n) is 2.62. The first-order chi connectivity index (χ1) is 9.26. The van der Waals surface area contributed by atoms with E-state index in [-0.39, 0.29) is 11.6 Å². The van der Waals surface area contributed by atoms with Crippen molar-refractivity contribution >= 4 is 34.2 Å². The molecule has 1 amide bonds. The number of hydrogen-bond donors (Lipinski definition) is 1. The molecule has 0 saturated heterocycles. The van der Waals surface area contributed by atoms with Crippen molar-refractivity contribution in [2.24, 2.45) is 0 Å². The number of hydrogen-bond acceptors (Lipinski definition) is 4. The molecule has 0 saturated carbocycles. The van der Waals surface area contributed by atoms with Gasteiger partial charge in [-0.25, -0.2) is 0 Å². The van der Waals surface area contributed by atoms with Crippen molar-refractivity contribution in [2.45, 2.75) is 26.4 Å². The molecule has 0 aromatic heterocycles. The number of amides is 1. The third kappa shape index (κ3) is 4.71. The van der Waals surface area contributed by atoms with Crippen LogP contribution in [0.3, 0.4) is 0 Å². The SMILES string of the molecule is CCOC(C)(C)CNC(=O)c1cc([N+](=O)[O-])ccc1I. The van der Waals surface area contributed by atoms with Crippen molar-refractivity contribution < 1.29 is 14.5 Å². The maximum absolute atomic E-state index is 12.1. The van der Waals surface area contributed by atoms with Crippen LogP contribution in [0.15, 0.2) is 18.2 Å². The minimum atomic E-state index is -0.517. The summed E-state index contributed by atoms with van der Waals surface area (Å²) in [6.07, 6.45) is 0. The Labute approximate surface area is 131 Å². The molecule has 0 bridgehead atoms. The number of benzene rings is 1. The Morgan fingerprint density at radius 3 is 2.70 bits per heavy atom. The molecule has 0 atom stereocenters. The number of nitrogens with zero attached hydrogens (tertiary/aromatic N) is 1. The van der Waals surface area contributed by atoms with Crippen LogP contribution in [0, 0.1) is 13.7 Å². The molecule has 7 heteroatoms. The third-order valence-corrected chi connectivity index (χ3v) is 3.56. The van der Waals surface area contributed by atoms with Crippen molar-refractivity contribution in [3.05, 3.63) is 37.4 Å². The van der Waals surface area contributed by atoms with Crippen molar-refractivity contribution in [1.29, 1.82) is 0 Å². The lowest BCUT2D eigenvalue weighted by Gasteiger charge is -2.24. The molecule has 1 aromatic rings. The normalized spacial score (nSPS) is 11.2. The van der Waals surface area contributed by atoms with Crippen molar-refractivity contribution in [1.82, 2.24) is 5.32 Å². The quantitative estimate of drug-likeness (QED) is 0.459. The number of ether oxygens (including phenoxy) is 1. The molecule has 110 valence electrons. The average molecular weight is 392 g/mol. The van der Waals surface area contributed by atoms with Gasteiger partial charge in [-0.2, -0.15) is 0 Å². The minimum absolute atomic E-state index is 0.0976. The fourth-order valence-corrected chi connectivity index (χ4v) is 2.21. The van der Waals surface area contributed by atoms with Gasteiger partial charge in [0.05, 0.1) is 16.1 Å². The molecule has 0 aliphatic rings. The summed E-state index contributed by atoms with van der Waals surface area (Å²) in [5, 5.41) is 13.5. The molecule has 0 spiro atoms. The van der Waals surface area contributed by atoms with Gasteiger partial charge in [0.25, 0.3) is 11.6 Å². The summed E-state index contributed by atoms with van der Waals surface area (Å²) in [4.78, 5) is 22.3. The van der Waals surface area contributed by atoms with Gasteiger partial charge < -0.3 is 10.1 Å². The zero-order valence-electron chi connectivity index (χ0n) is 11.6. The van der Waals surface area contributed by atoms with Crippen molar-refractivity contribution in [2.75, 3.05) is 13.2 Å². The number of halogens is 1. The Kier molecular flexibility index (Phi) is 5.88. The second kappa shape index (κ2) is 6.98. The molecule has 0 aliphatic heterocycles. The largest absolute Gasteiger partial charge is 0.374 e. The first-order valence-corrected chi connectivity index (χ1v) is 7.21. The van der Waals surface area contributed by atoms with E-state index in [4.69, 9.17) is 4.74 Å². The molecule has 0 fully saturated rings. The van der Waals surface area contributed by atoms with E-state index in [1.54, 1.807) is 6.07 Å². The lowest BCUT2D eigenvalue weighted by atomic mass is 10.1. The maximum Gasteiger partial charge on any atom is 0.270 e. The monoisotopic (exact) mass is 392 g/mol. The highest BCUT2D eigenvalue weighted by atomic mass is 127. The highest BCUT2D eigenvalue weighted by molar-refractivity contribution is 14.1. The minimum Gasteiger partial charge on any atom is -0.374 e. The number of non-ortho nitro benzene ring substituents is 1. The number of nitro benzene ring substituents is 1. The van der Waals surface area contributed by atoms with E-state index in [1.807, 2.05) is 43.4 Å². The second-order valence-electron chi connectivity index (χ2n) is 4.80. The van der Waals surface area contributed by atoms with Crippen LogP contribution < -0.4 is 5.32 Å². The molecule has 1 N–H and O–H groups in total. The van der Waals surface area contributed by atoms with Crippen LogP contribution in [0.25, 0.3) is 0 Å². The summed E-state index contributed by atoms with van der Waals surface area (Å²) in [5.74, 6) is -0.342. The van der Waals surface area contributed by atoms with Gasteiger partial charge in [0, 0.05) is 28.9 Å². The Hall–Kier alpha value is -1.22. The fourth-order valence-electron chi connectivity index (χ4n) is 1.63. The zero-order valence-corrected chi connectivity index (χ0v) is 13.8. The lowest BCUT2D eigenvalue weighted by molar-refractivity contribution is -0.384. The molecular formula is C13H17IN2O4. The molecule has 6 nitrogen and oxygen atoms in total. The van der Waals surface area contributed by atoms with Gasteiger partial charge in [0.2, 0.25) is 0 Å². The van der Waals surface area contributed by atoms with Gasteiger partial charge in [0.1, 0.15) is 0 Å². The summed E-state index contributed by atoms with van der Waals surface area (Å²) in [6, 6.07) is 4.22. The standard InChI is InChI=1S/C13H17IN2O4/c1-4-20-13(2,3)8-15-12(17)10-7-9(16(18)19)5-6-11(10)14/h5-7H,4,8H2,1-3H3,(H,15,17). The molecule has 1 aromatic carbocycles. The van der Waals surface area contributed by atoms with Crippen LogP contribution in [0.2, 0.25) is 0 Å². The Bertz CT molecular complexity index is 517. The smallest absolute Gasteiger partial charge is 0.270 e. The zero-order chi connectivity index (χ0) is 15.3. The lowest BCUT2D eigenvalue weighted by Crippen LogP contribution is -2.40. The molecule has 1 rings (SSSR count). The summed E-state index contributed by atoms with van der Waals surface area (Å²) in [6.45, 7) is 6.51. The number of rotatable bonds is 6. The number of carbonyl (C=O) groups excluding carboxylic acids is 1. The number of nitro groups is 1. The molecular weight excluding hydrogens is 375 g/mol. The molecule has 0 heterocycles. The summed E-state index contributed by atoms with van der Waals surface area (Å²) in [7, 11) is 0. The summed E-state index contributed by atoms with van der Waals surface area (Å²) < 4.78 is 6.15. The van der Waals surface area contributed by atoms with E-state index >= 15 is 0 Å². The molecule has 0 radical (unpaired) electrons. The van der Waals surface area contributed by atoms with Gasteiger partial charge in [-0.05, 0) is 49.4 Å². The van der Waals surface area contributed by atoms with Crippen LogP contribution in [0.5, 0.6) is 0 Å². The predicted molar refractivity (Wildman–Crippen MR) is 83.9 cm³/mol. The summed E-state index contributed by atoms with van der Waals surface area (Å²) >= 11 is 1.98. The van der Waals surface area contributed by atoms with Crippen molar-refractivity contribution in [3.8, 4) is 0 Å². The van der Waals surface area contributed by atoms with Gasteiger partial charge in [0.15, 0.2) is 0 Å². The molecule has 0 unspecified atom stereocenters. The van der Waals surface area contributed by atoms with E-state index in [0.717, 1.165) is 0 Å². The van der Waals surface area contributed by atoms with Crippen LogP contribution in [0.1, 0.15) is 31.1 Å². The fraction of sp³-hybridized carbons (Fsp3) is 0.462. The topological polar surface area (TPSA) is 81.5 Å². The molecule has 20 heavy (non-hydrogen) atoms. The maximum atomic E-state index is 12.1. The Morgan fingerprint density at radius 2 is 2.15 bits per heavy atom. The van der Waals surface area contributed by atoms with Gasteiger partial charge in [-0.1, -0.05) is 0 Å². The van der Waals surface area contributed by atoms with E-state index in [2.05, 4.69) is 5.32 Å². The van der Waals surface area contributed by atoms with Crippen LogP contribution in [0.4, 0.5) is 5.69 Å². The van der Waals surface area contributed by atoms with Crippen LogP contribution >= 0.6 is 22.6 Å². The van der Waals surface area contributed by atoms with Gasteiger partial charge in [-0.3, -0.25) is 14.9 Å². The first kappa shape index (κ1) is 16.8. The van der Waals surface area contributed by atoms with E-state index in [9.17, 15) is 14.9 Å². The number of carbonyl (C=O) groups is 1.